The van der Waals surface area contributed by atoms with Crippen molar-refractivity contribution in [3.63, 3.8) is 0 Å². The molecule has 2 unspecified atom stereocenters. The van der Waals surface area contributed by atoms with E-state index in [0.29, 0.717) is 11.8 Å². The zero-order chi connectivity index (χ0) is 11.1. The average molecular weight is 196 g/mol. The van der Waals surface area contributed by atoms with Gasteiger partial charge in [-0.1, -0.05) is 59.6 Å². The van der Waals surface area contributed by atoms with Crippen LogP contribution < -0.4 is 0 Å². The smallest absolute Gasteiger partial charge is 0.0229 e. The Morgan fingerprint density at radius 1 is 1.07 bits per heavy atom. The Kier molecular flexibility index (Phi) is 6.96. The third kappa shape index (κ3) is 5.47. The van der Waals surface area contributed by atoms with Crippen LogP contribution in [0.4, 0.5) is 0 Å². The van der Waals surface area contributed by atoms with E-state index in [4.69, 9.17) is 0 Å². The predicted molar refractivity (Wildman–Crippen MR) is 66.4 cm³/mol. The maximum absolute atomic E-state index is 4.26. The Bertz CT molecular complexity index is 155. The van der Waals surface area contributed by atoms with Crippen LogP contribution in [0.5, 0.6) is 0 Å². The molecule has 0 aliphatic carbocycles. The highest BCUT2D eigenvalue weighted by Crippen LogP contribution is 2.27. The molecule has 0 aromatic carbocycles. The second-order valence-electron chi connectivity index (χ2n) is 5.15. The summed E-state index contributed by atoms with van der Waals surface area (Å²) in [7, 11) is 0. The normalized spacial score (nSPS) is 15.6. The lowest BCUT2D eigenvalue weighted by molar-refractivity contribution is 0.435. The quantitative estimate of drug-likeness (QED) is 0.500. The van der Waals surface area contributed by atoms with Crippen molar-refractivity contribution in [1.29, 1.82) is 0 Å². The van der Waals surface area contributed by atoms with Crippen molar-refractivity contribution in [2.45, 2.75) is 60.3 Å². The molecule has 0 heterocycles. The van der Waals surface area contributed by atoms with Crippen molar-refractivity contribution < 1.29 is 0 Å². The lowest BCUT2D eigenvalue weighted by Crippen LogP contribution is -2.09. The number of rotatable bonds is 7. The van der Waals surface area contributed by atoms with Gasteiger partial charge in [0.1, 0.15) is 0 Å². The van der Waals surface area contributed by atoms with E-state index >= 15 is 0 Å². The summed E-state index contributed by atoms with van der Waals surface area (Å²) in [4.78, 5) is 0. The van der Waals surface area contributed by atoms with Gasteiger partial charge in [-0.05, 0) is 30.6 Å². The van der Waals surface area contributed by atoms with Crippen LogP contribution in [0, 0.1) is 17.8 Å². The summed E-state index contributed by atoms with van der Waals surface area (Å²) in [6.45, 7) is 15.8. The summed E-state index contributed by atoms with van der Waals surface area (Å²) < 4.78 is 0. The molecule has 0 nitrogen and oxygen atoms in total. The first-order chi connectivity index (χ1) is 6.49. The highest BCUT2D eigenvalue weighted by Gasteiger charge is 2.14. The standard InChI is InChI=1S/C14H28/c1-7-8-9-12(4)14(6)13(5)10-11(2)3/h11-13H,6-10H2,1-5H3. The van der Waals surface area contributed by atoms with E-state index in [2.05, 4.69) is 41.2 Å². The van der Waals surface area contributed by atoms with Crippen molar-refractivity contribution in [3.05, 3.63) is 12.2 Å². The molecule has 2 atom stereocenters. The summed E-state index contributed by atoms with van der Waals surface area (Å²) in [5, 5.41) is 0. The van der Waals surface area contributed by atoms with Crippen molar-refractivity contribution in [3.8, 4) is 0 Å². The molecule has 0 saturated carbocycles. The molecule has 14 heavy (non-hydrogen) atoms. The van der Waals surface area contributed by atoms with E-state index in [9.17, 15) is 0 Å². The van der Waals surface area contributed by atoms with Crippen molar-refractivity contribution >= 4 is 0 Å². The van der Waals surface area contributed by atoms with Gasteiger partial charge < -0.3 is 0 Å². The fourth-order valence-corrected chi connectivity index (χ4v) is 2.04. The first kappa shape index (κ1) is 13.7. The van der Waals surface area contributed by atoms with E-state index in [-0.39, 0.29) is 0 Å². The maximum atomic E-state index is 4.26. The van der Waals surface area contributed by atoms with E-state index in [1.165, 1.54) is 31.3 Å². The largest absolute Gasteiger partial charge is 0.0993 e. The molecule has 84 valence electrons. The van der Waals surface area contributed by atoms with Crippen LogP contribution in [0.15, 0.2) is 12.2 Å². The Labute approximate surface area is 90.8 Å². The van der Waals surface area contributed by atoms with E-state index < -0.39 is 0 Å². The molecule has 0 aromatic rings. The van der Waals surface area contributed by atoms with E-state index in [1.807, 2.05) is 0 Å². The predicted octanol–water partition coefficient (Wildman–Crippen LogP) is 5.05. The molecule has 0 heteroatoms. The molecule has 0 rings (SSSR count). The van der Waals surface area contributed by atoms with Crippen LogP contribution in [0.25, 0.3) is 0 Å². The zero-order valence-corrected chi connectivity index (χ0v) is 10.8. The molecule has 0 N–H and O–H groups in total. The highest BCUT2D eigenvalue weighted by atomic mass is 14.2. The van der Waals surface area contributed by atoms with Crippen LogP contribution in [-0.2, 0) is 0 Å². The minimum atomic E-state index is 0.696. The van der Waals surface area contributed by atoms with Gasteiger partial charge in [0.25, 0.3) is 0 Å². The van der Waals surface area contributed by atoms with Gasteiger partial charge in [0.15, 0.2) is 0 Å². The third-order valence-electron chi connectivity index (χ3n) is 3.08. The monoisotopic (exact) mass is 196 g/mol. The second-order valence-corrected chi connectivity index (χ2v) is 5.15. The molecule has 0 spiro atoms. The van der Waals surface area contributed by atoms with Crippen molar-refractivity contribution in [2.75, 3.05) is 0 Å². The van der Waals surface area contributed by atoms with Crippen molar-refractivity contribution in [2.24, 2.45) is 17.8 Å². The summed E-state index contributed by atoms with van der Waals surface area (Å²) in [6.07, 6.45) is 5.25. The van der Waals surface area contributed by atoms with Gasteiger partial charge in [0, 0.05) is 0 Å². The molecule has 0 bridgehead atoms. The topological polar surface area (TPSA) is 0 Å². The SMILES string of the molecule is C=C(C(C)CCCC)C(C)CC(C)C. The van der Waals surface area contributed by atoms with Crippen LogP contribution in [0.3, 0.4) is 0 Å². The molecule has 0 fully saturated rings. The zero-order valence-electron chi connectivity index (χ0n) is 10.8. The van der Waals surface area contributed by atoms with E-state index in [1.54, 1.807) is 0 Å². The second kappa shape index (κ2) is 7.09. The molecule has 0 saturated heterocycles. The summed E-state index contributed by atoms with van der Waals surface area (Å²) in [5.74, 6) is 2.20. The van der Waals surface area contributed by atoms with Crippen LogP contribution >= 0.6 is 0 Å². The molecule has 0 amide bonds. The summed E-state index contributed by atoms with van der Waals surface area (Å²) >= 11 is 0. The lowest BCUT2D eigenvalue weighted by Gasteiger charge is -2.22. The number of hydrogen-bond acceptors (Lipinski definition) is 0. The van der Waals surface area contributed by atoms with Gasteiger partial charge in [0.05, 0.1) is 0 Å². The Balaban J connectivity index is 3.91. The number of hydrogen-bond donors (Lipinski definition) is 0. The van der Waals surface area contributed by atoms with Gasteiger partial charge in [0.2, 0.25) is 0 Å². The molecule has 0 aromatic heterocycles. The molecule has 0 aliphatic heterocycles. The molecule has 0 radical (unpaired) electrons. The van der Waals surface area contributed by atoms with Gasteiger partial charge in [-0.3, -0.25) is 0 Å². The van der Waals surface area contributed by atoms with Gasteiger partial charge >= 0.3 is 0 Å². The fraction of sp³-hybridized carbons (Fsp3) is 0.857. The van der Waals surface area contributed by atoms with Crippen LogP contribution in [0.1, 0.15) is 60.3 Å². The summed E-state index contributed by atoms with van der Waals surface area (Å²) in [5.41, 5.74) is 1.46. The Hall–Kier alpha value is -0.260. The maximum Gasteiger partial charge on any atom is -0.0229 e. The molecular formula is C14H28. The van der Waals surface area contributed by atoms with Crippen LogP contribution in [-0.4, -0.2) is 0 Å². The Morgan fingerprint density at radius 3 is 2.07 bits per heavy atom. The Morgan fingerprint density at radius 2 is 1.64 bits per heavy atom. The lowest BCUT2D eigenvalue weighted by atomic mass is 9.84. The molecular weight excluding hydrogens is 168 g/mol. The minimum Gasteiger partial charge on any atom is -0.0993 e. The average Bonchev–Trinajstić information content (AvgIpc) is 2.11. The first-order valence-electron chi connectivity index (χ1n) is 6.17. The fourth-order valence-electron chi connectivity index (χ4n) is 2.04. The minimum absolute atomic E-state index is 0.696. The van der Waals surface area contributed by atoms with Gasteiger partial charge in [-0.25, -0.2) is 0 Å². The van der Waals surface area contributed by atoms with E-state index in [0.717, 1.165) is 5.92 Å². The number of allylic oxidation sites excluding steroid dienone is 1. The van der Waals surface area contributed by atoms with Crippen molar-refractivity contribution in [1.82, 2.24) is 0 Å². The highest BCUT2D eigenvalue weighted by molar-refractivity contribution is 5.03. The molecule has 0 aliphatic rings. The van der Waals surface area contributed by atoms with Gasteiger partial charge in [-0.2, -0.15) is 0 Å². The number of unbranched alkanes of at least 4 members (excludes halogenated alkanes) is 1. The first-order valence-corrected chi connectivity index (χ1v) is 6.17. The van der Waals surface area contributed by atoms with Crippen LogP contribution in [0.2, 0.25) is 0 Å². The third-order valence-corrected chi connectivity index (χ3v) is 3.08. The van der Waals surface area contributed by atoms with Gasteiger partial charge in [-0.15, -0.1) is 0 Å². The summed E-state index contributed by atoms with van der Waals surface area (Å²) in [6, 6.07) is 0.